The Hall–Kier alpha value is -1.50. The minimum Gasteiger partial charge on any atom is -0.497 e. The van der Waals surface area contributed by atoms with Crippen molar-refractivity contribution in [3.63, 3.8) is 0 Å². The first-order valence-electron chi connectivity index (χ1n) is 4.19. The third kappa shape index (κ3) is 2.49. The number of hydrogen-bond donors (Lipinski definition) is 2. The molecule has 0 spiro atoms. The van der Waals surface area contributed by atoms with Crippen molar-refractivity contribution in [1.82, 2.24) is 0 Å². The maximum Gasteiger partial charge on any atom is 0.119 e. The van der Waals surface area contributed by atoms with E-state index in [2.05, 4.69) is 11.8 Å². The third-order valence-corrected chi connectivity index (χ3v) is 1.78. The lowest BCUT2D eigenvalue weighted by Crippen LogP contribution is -1.92. The fourth-order valence-electron chi connectivity index (χ4n) is 1.08. The zero-order chi connectivity index (χ0) is 10.4. The van der Waals surface area contributed by atoms with Crippen LogP contribution in [0.4, 0.5) is 0 Å². The van der Waals surface area contributed by atoms with Gasteiger partial charge < -0.3 is 14.9 Å². The smallest absolute Gasteiger partial charge is 0.119 e. The SMILES string of the molecule is COc1ccc(C#CCO)c(CO)c1. The van der Waals surface area contributed by atoms with Crippen molar-refractivity contribution in [2.24, 2.45) is 0 Å². The van der Waals surface area contributed by atoms with E-state index < -0.39 is 0 Å². The lowest BCUT2D eigenvalue weighted by Gasteiger charge is -2.04. The zero-order valence-electron chi connectivity index (χ0n) is 7.95. The van der Waals surface area contributed by atoms with Crippen LogP contribution >= 0.6 is 0 Å². The highest BCUT2D eigenvalue weighted by molar-refractivity contribution is 5.45. The molecule has 3 heteroatoms. The number of aliphatic hydroxyl groups is 2. The Labute approximate surface area is 83.0 Å². The lowest BCUT2D eigenvalue weighted by atomic mass is 10.1. The molecule has 0 bridgehead atoms. The Kier molecular flexibility index (Phi) is 3.99. The molecule has 3 nitrogen and oxygen atoms in total. The molecule has 2 N–H and O–H groups in total. The monoisotopic (exact) mass is 192 g/mol. The van der Waals surface area contributed by atoms with E-state index in [1.54, 1.807) is 25.3 Å². The number of hydrogen-bond acceptors (Lipinski definition) is 3. The van der Waals surface area contributed by atoms with E-state index in [-0.39, 0.29) is 13.2 Å². The first-order valence-corrected chi connectivity index (χ1v) is 4.19. The number of ether oxygens (including phenoxy) is 1. The van der Waals surface area contributed by atoms with E-state index in [9.17, 15) is 0 Å². The third-order valence-electron chi connectivity index (χ3n) is 1.78. The summed E-state index contributed by atoms with van der Waals surface area (Å²) in [5.41, 5.74) is 1.41. The minimum atomic E-state index is -0.184. The summed E-state index contributed by atoms with van der Waals surface area (Å²) in [4.78, 5) is 0. The van der Waals surface area contributed by atoms with Crippen molar-refractivity contribution >= 4 is 0 Å². The molecular formula is C11H12O3. The molecule has 1 aromatic rings. The van der Waals surface area contributed by atoms with E-state index in [0.717, 1.165) is 0 Å². The Balaban J connectivity index is 3.05. The molecule has 1 aromatic carbocycles. The minimum absolute atomic E-state index is 0.0906. The standard InChI is InChI=1S/C11H12O3/c1-14-11-5-4-9(3-2-6-12)10(7-11)8-13/h4-5,7,12-13H,6,8H2,1H3. The molecule has 0 saturated carbocycles. The molecule has 0 aliphatic heterocycles. The zero-order valence-corrected chi connectivity index (χ0v) is 7.95. The molecule has 0 heterocycles. The molecular weight excluding hydrogens is 180 g/mol. The first-order chi connectivity index (χ1) is 6.81. The predicted octanol–water partition coefficient (Wildman–Crippen LogP) is 0.531. The van der Waals surface area contributed by atoms with Gasteiger partial charge in [0.2, 0.25) is 0 Å². The summed E-state index contributed by atoms with van der Waals surface area (Å²) in [6.07, 6.45) is 0. The molecule has 0 atom stereocenters. The van der Waals surface area contributed by atoms with Crippen molar-refractivity contribution in [2.45, 2.75) is 6.61 Å². The van der Waals surface area contributed by atoms with E-state index in [1.807, 2.05) is 0 Å². The molecule has 0 radical (unpaired) electrons. The van der Waals surface area contributed by atoms with Crippen LogP contribution in [0.2, 0.25) is 0 Å². The summed E-state index contributed by atoms with van der Waals surface area (Å²) in [5, 5.41) is 17.6. The average Bonchev–Trinajstić information content (AvgIpc) is 2.26. The van der Waals surface area contributed by atoms with Crippen molar-refractivity contribution in [3.8, 4) is 17.6 Å². The van der Waals surface area contributed by atoms with E-state index in [4.69, 9.17) is 14.9 Å². The van der Waals surface area contributed by atoms with Gasteiger partial charge in [0.25, 0.3) is 0 Å². The van der Waals surface area contributed by atoms with Gasteiger partial charge in [-0.3, -0.25) is 0 Å². The number of benzene rings is 1. The highest BCUT2D eigenvalue weighted by Gasteiger charge is 2.00. The maximum absolute atomic E-state index is 9.05. The highest BCUT2D eigenvalue weighted by Crippen LogP contribution is 2.16. The Bertz CT molecular complexity index is 361. The maximum atomic E-state index is 9.05. The topological polar surface area (TPSA) is 49.7 Å². The first kappa shape index (κ1) is 10.6. The summed E-state index contributed by atoms with van der Waals surface area (Å²) < 4.78 is 5.01. The Morgan fingerprint density at radius 1 is 1.36 bits per heavy atom. The molecule has 0 saturated heterocycles. The second-order valence-electron chi connectivity index (χ2n) is 2.64. The van der Waals surface area contributed by atoms with E-state index in [0.29, 0.717) is 16.9 Å². The number of rotatable bonds is 2. The fourth-order valence-corrected chi connectivity index (χ4v) is 1.08. The molecule has 74 valence electrons. The molecule has 0 amide bonds. The lowest BCUT2D eigenvalue weighted by molar-refractivity contribution is 0.280. The van der Waals surface area contributed by atoms with Crippen LogP contribution in [0, 0.1) is 11.8 Å². The molecule has 0 aliphatic carbocycles. The molecule has 0 fully saturated rings. The van der Waals surface area contributed by atoms with Crippen molar-refractivity contribution in [3.05, 3.63) is 29.3 Å². The molecule has 1 rings (SSSR count). The van der Waals surface area contributed by atoms with Gasteiger partial charge in [0.15, 0.2) is 0 Å². The van der Waals surface area contributed by atoms with Crippen LogP contribution in [0.25, 0.3) is 0 Å². The summed E-state index contributed by atoms with van der Waals surface area (Å²) in [7, 11) is 1.57. The fraction of sp³-hybridized carbons (Fsp3) is 0.273. The second-order valence-corrected chi connectivity index (χ2v) is 2.64. The van der Waals surface area contributed by atoms with Gasteiger partial charge in [0.1, 0.15) is 12.4 Å². The summed E-state index contributed by atoms with van der Waals surface area (Å²) >= 11 is 0. The van der Waals surface area contributed by atoms with Gasteiger partial charge >= 0.3 is 0 Å². The Morgan fingerprint density at radius 2 is 2.14 bits per heavy atom. The number of methoxy groups -OCH3 is 1. The normalized spacial score (nSPS) is 9.07. The molecule has 0 unspecified atom stereocenters. The highest BCUT2D eigenvalue weighted by atomic mass is 16.5. The predicted molar refractivity (Wildman–Crippen MR) is 52.9 cm³/mol. The summed E-state index contributed by atoms with van der Waals surface area (Å²) in [6, 6.07) is 5.25. The van der Waals surface area contributed by atoms with Crippen LogP contribution in [-0.2, 0) is 6.61 Å². The molecule has 14 heavy (non-hydrogen) atoms. The van der Waals surface area contributed by atoms with Gasteiger partial charge in [-0.15, -0.1) is 0 Å². The van der Waals surface area contributed by atoms with Crippen LogP contribution in [-0.4, -0.2) is 23.9 Å². The van der Waals surface area contributed by atoms with Gasteiger partial charge in [-0.2, -0.15) is 0 Å². The summed E-state index contributed by atoms with van der Waals surface area (Å²) in [6.45, 7) is -0.274. The van der Waals surface area contributed by atoms with Gasteiger partial charge in [-0.25, -0.2) is 0 Å². The largest absolute Gasteiger partial charge is 0.497 e. The van der Waals surface area contributed by atoms with Crippen LogP contribution in [0.3, 0.4) is 0 Å². The van der Waals surface area contributed by atoms with Crippen LogP contribution in [0.1, 0.15) is 11.1 Å². The van der Waals surface area contributed by atoms with Gasteiger partial charge in [0.05, 0.1) is 13.7 Å². The van der Waals surface area contributed by atoms with Crippen LogP contribution in [0.5, 0.6) is 5.75 Å². The summed E-state index contributed by atoms with van der Waals surface area (Å²) in [5.74, 6) is 5.96. The Morgan fingerprint density at radius 3 is 2.71 bits per heavy atom. The number of aliphatic hydroxyl groups excluding tert-OH is 2. The van der Waals surface area contributed by atoms with E-state index in [1.165, 1.54) is 0 Å². The molecule has 0 aliphatic rings. The average molecular weight is 192 g/mol. The second kappa shape index (κ2) is 5.28. The quantitative estimate of drug-likeness (QED) is 0.672. The van der Waals surface area contributed by atoms with Crippen LogP contribution in [0.15, 0.2) is 18.2 Å². The molecule has 0 aromatic heterocycles. The van der Waals surface area contributed by atoms with Gasteiger partial charge in [-0.1, -0.05) is 11.8 Å². The van der Waals surface area contributed by atoms with Crippen molar-refractivity contribution < 1.29 is 14.9 Å². The van der Waals surface area contributed by atoms with Crippen LogP contribution < -0.4 is 4.74 Å². The van der Waals surface area contributed by atoms with Crippen molar-refractivity contribution in [2.75, 3.05) is 13.7 Å². The van der Waals surface area contributed by atoms with Gasteiger partial charge in [-0.05, 0) is 23.8 Å². The van der Waals surface area contributed by atoms with Crippen molar-refractivity contribution in [1.29, 1.82) is 0 Å². The van der Waals surface area contributed by atoms with Gasteiger partial charge in [0, 0.05) is 5.56 Å². The van der Waals surface area contributed by atoms with E-state index >= 15 is 0 Å².